The Bertz CT molecular complexity index is 700. The fourth-order valence-electron chi connectivity index (χ4n) is 2.28. The molecule has 0 aliphatic rings. The van der Waals surface area contributed by atoms with Crippen LogP contribution in [0.5, 0.6) is 0 Å². The first-order valence-electron chi connectivity index (χ1n) is 6.23. The number of aromatic nitrogens is 3. The number of rotatable bonds is 3. The van der Waals surface area contributed by atoms with Crippen LogP contribution in [0.15, 0.2) is 48.9 Å². The van der Waals surface area contributed by atoms with Crippen LogP contribution in [0, 0.1) is 0 Å². The minimum atomic E-state index is -0.575. The summed E-state index contributed by atoms with van der Waals surface area (Å²) in [7, 11) is 1.93. The van der Waals surface area contributed by atoms with Crippen LogP contribution in [0.1, 0.15) is 17.5 Å². The summed E-state index contributed by atoms with van der Waals surface area (Å²) in [6.07, 6.45) is 5.28. The molecule has 1 unspecified atom stereocenters. The van der Waals surface area contributed by atoms with Crippen molar-refractivity contribution >= 4 is 10.9 Å². The van der Waals surface area contributed by atoms with Gasteiger partial charge in [-0.15, -0.1) is 0 Å². The van der Waals surface area contributed by atoms with E-state index >= 15 is 0 Å². The minimum absolute atomic E-state index is 0.498. The van der Waals surface area contributed by atoms with Crippen molar-refractivity contribution in [2.45, 2.75) is 12.5 Å². The summed E-state index contributed by atoms with van der Waals surface area (Å²) in [5.41, 5.74) is 1.80. The molecule has 96 valence electrons. The highest BCUT2D eigenvalue weighted by Crippen LogP contribution is 2.24. The van der Waals surface area contributed by atoms with E-state index in [2.05, 4.69) is 9.97 Å². The first-order valence-corrected chi connectivity index (χ1v) is 6.23. The Labute approximate surface area is 111 Å². The molecule has 1 N–H and O–H groups in total. The number of hydrogen-bond acceptors (Lipinski definition) is 3. The topological polar surface area (TPSA) is 50.9 Å². The number of hydrogen-bond donors (Lipinski definition) is 1. The highest BCUT2D eigenvalue weighted by Gasteiger charge is 2.14. The van der Waals surface area contributed by atoms with Gasteiger partial charge in [0.25, 0.3) is 0 Å². The van der Waals surface area contributed by atoms with Crippen LogP contribution in [0.4, 0.5) is 0 Å². The second-order valence-electron chi connectivity index (χ2n) is 4.59. The maximum absolute atomic E-state index is 10.4. The molecule has 0 aliphatic heterocycles. The fourth-order valence-corrected chi connectivity index (χ4v) is 2.28. The van der Waals surface area contributed by atoms with E-state index in [1.54, 1.807) is 12.4 Å². The highest BCUT2D eigenvalue weighted by molar-refractivity contribution is 5.82. The number of aryl methyl sites for hydroxylation is 1. The van der Waals surface area contributed by atoms with Gasteiger partial charge in [0.1, 0.15) is 5.82 Å². The molecule has 0 fully saturated rings. The van der Waals surface area contributed by atoms with Gasteiger partial charge in [-0.1, -0.05) is 18.2 Å². The van der Waals surface area contributed by atoms with Gasteiger partial charge < -0.3 is 9.67 Å². The van der Waals surface area contributed by atoms with Gasteiger partial charge in [0.2, 0.25) is 0 Å². The minimum Gasteiger partial charge on any atom is -0.388 e. The Morgan fingerprint density at radius 1 is 1.16 bits per heavy atom. The zero-order valence-electron chi connectivity index (χ0n) is 10.7. The third kappa shape index (κ3) is 2.22. The highest BCUT2D eigenvalue weighted by atomic mass is 16.3. The maximum Gasteiger partial charge on any atom is 0.111 e. The summed E-state index contributed by atoms with van der Waals surface area (Å²) in [4.78, 5) is 8.56. The van der Waals surface area contributed by atoms with Crippen molar-refractivity contribution < 1.29 is 5.11 Å². The van der Waals surface area contributed by atoms with E-state index in [1.807, 2.05) is 48.1 Å². The molecule has 4 heteroatoms. The van der Waals surface area contributed by atoms with E-state index in [4.69, 9.17) is 0 Å². The molecule has 0 radical (unpaired) electrons. The van der Waals surface area contributed by atoms with Gasteiger partial charge in [0.05, 0.1) is 11.6 Å². The lowest BCUT2D eigenvalue weighted by molar-refractivity contribution is 0.176. The zero-order chi connectivity index (χ0) is 13.2. The maximum atomic E-state index is 10.4. The number of pyridine rings is 1. The second-order valence-corrected chi connectivity index (χ2v) is 4.59. The van der Waals surface area contributed by atoms with Crippen molar-refractivity contribution in [2.24, 2.45) is 7.05 Å². The molecular weight excluding hydrogens is 238 g/mol. The third-order valence-corrected chi connectivity index (χ3v) is 3.34. The lowest BCUT2D eigenvalue weighted by Gasteiger charge is -2.13. The number of benzene rings is 1. The summed E-state index contributed by atoms with van der Waals surface area (Å²) in [5, 5.41) is 11.4. The van der Waals surface area contributed by atoms with Gasteiger partial charge in [0.15, 0.2) is 0 Å². The van der Waals surface area contributed by atoms with Gasteiger partial charge in [-0.2, -0.15) is 0 Å². The predicted octanol–water partition coefficient (Wildman–Crippen LogP) is 2.24. The lowest BCUT2D eigenvalue weighted by Crippen LogP contribution is -2.07. The van der Waals surface area contributed by atoms with Gasteiger partial charge in [-0.25, -0.2) is 4.98 Å². The Hall–Kier alpha value is -2.20. The van der Waals surface area contributed by atoms with Gasteiger partial charge in [-0.05, 0) is 17.7 Å². The third-order valence-electron chi connectivity index (χ3n) is 3.34. The van der Waals surface area contributed by atoms with Crippen molar-refractivity contribution in [2.75, 3.05) is 0 Å². The van der Waals surface area contributed by atoms with Crippen molar-refractivity contribution in [1.82, 2.24) is 14.5 Å². The van der Waals surface area contributed by atoms with Crippen molar-refractivity contribution in [3.63, 3.8) is 0 Å². The standard InChI is InChI=1S/C15H15N3O/c1-18-9-8-17-15(18)10-14(19)12-6-7-16-13-5-3-2-4-11(12)13/h2-9,14,19H,10H2,1H3. The molecule has 2 heterocycles. The van der Waals surface area contributed by atoms with Crippen LogP contribution >= 0.6 is 0 Å². The summed E-state index contributed by atoms with van der Waals surface area (Å²) < 4.78 is 1.92. The fraction of sp³-hybridized carbons (Fsp3) is 0.200. The zero-order valence-corrected chi connectivity index (χ0v) is 10.7. The average Bonchev–Trinajstić information content (AvgIpc) is 2.83. The summed E-state index contributed by atoms with van der Waals surface area (Å²) in [6.45, 7) is 0. The molecule has 4 nitrogen and oxygen atoms in total. The number of aliphatic hydroxyl groups is 1. The molecule has 0 spiro atoms. The average molecular weight is 253 g/mol. The van der Waals surface area contributed by atoms with E-state index in [1.165, 1.54) is 0 Å². The molecule has 0 saturated heterocycles. The van der Waals surface area contributed by atoms with Gasteiger partial charge >= 0.3 is 0 Å². The van der Waals surface area contributed by atoms with E-state index < -0.39 is 6.10 Å². The Balaban J connectivity index is 1.98. The molecule has 1 aromatic carbocycles. The normalized spacial score (nSPS) is 12.7. The molecule has 19 heavy (non-hydrogen) atoms. The summed E-state index contributed by atoms with van der Waals surface area (Å²) in [6, 6.07) is 9.72. The number of nitrogens with zero attached hydrogens (tertiary/aromatic N) is 3. The van der Waals surface area contributed by atoms with E-state index in [9.17, 15) is 5.11 Å². The van der Waals surface area contributed by atoms with Crippen LogP contribution in [-0.4, -0.2) is 19.6 Å². The van der Waals surface area contributed by atoms with E-state index in [0.29, 0.717) is 6.42 Å². The van der Waals surface area contributed by atoms with E-state index in [0.717, 1.165) is 22.3 Å². The van der Waals surface area contributed by atoms with Crippen molar-refractivity contribution in [3.8, 4) is 0 Å². The molecule has 1 atom stereocenters. The molecule has 2 aromatic heterocycles. The Kier molecular flexibility index (Phi) is 3.01. The Morgan fingerprint density at radius 3 is 2.79 bits per heavy atom. The number of para-hydroxylation sites is 1. The van der Waals surface area contributed by atoms with Crippen LogP contribution in [-0.2, 0) is 13.5 Å². The van der Waals surface area contributed by atoms with Crippen LogP contribution in [0.2, 0.25) is 0 Å². The van der Waals surface area contributed by atoms with Crippen molar-refractivity contribution in [1.29, 1.82) is 0 Å². The molecule has 0 amide bonds. The predicted molar refractivity (Wildman–Crippen MR) is 73.6 cm³/mol. The molecule has 0 aliphatic carbocycles. The SMILES string of the molecule is Cn1ccnc1CC(O)c1ccnc2ccccc12. The number of imidazole rings is 1. The van der Waals surface area contributed by atoms with Crippen LogP contribution < -0.4 is 0 Å². The summed E-state index contributed by atoms with van der Waals surface area (Å²) in [5.74, 6) is 0.869. The monoisotopic (exact) mass is 253 g/mol. The van der Waals surface area contributed by atoms with E-state index in [-0.39, 0.29) is 0 Å². The largest absolute Gasteiger partial charge is 0.388 e. The van der Waals surface area contributed by atoms with Gasteiger partial charge in [0, 0.05) is 37.4 Å². The molecule has 0 saturated carbocycles. The van der Waals surface area contributed by atoms with Crippen LogP contribution in [0.25, 0.3) is 10.9 Å². The first kappa shape index (κ1) is 11.9. The molecule has 0 bridgehead atoms. The number of aliphatic hydroxyl groups excluding tert-OH is 1. The lowest BCUT2D eigenvalue weighted by atomic mass is 10.0. The van der Waals surface area contributed by atoms with Crippen molar-refractivity contribution in [3.05, 3.63) is 60.3 Å². The number of fused-ring (bicyclic) bond motifs is 1. The first-order chi connectivity index (χ1) is 9.25. The molecule has 3 rings (SSSR count). The van der Waals surface area contributed by atoms with Crippen LogP contribution in [0.3, 0.4) is 0 Å². The van der Waals surface area contributed by atoms with Gasteiger partial charge in [-0.3, -0.25) is 4.98 Å². The summed E-state index contributed by atoms with van der Waals surface area (Å²) >= 11 is 0. The quantitative estimate of drug-likeness (QED) is 0.779. The Morgan fingerprint density at radius 2 is 2.00 bits per heavy atom. The second kappa shape index (κ2) is 4.82. The molecule has 3 aromatic rings. The molecular formula is C15H15N3O. The smallest absolute Gasteiger partial charge is 0.111 e.